The third-order valence-electron chi connectivity index (χ3n) is 2.23. The van der Waals surface area contributed by atoms with Crippen LogP contribution in [-0.4, -0.2) is 0 Å². The molecule has 1 rings (SSSR count). The summed E-state index contributed by atoms with van der Waals surface area (Å²) in [4.78, 5) is 0. The van der Waals surface area contributed by atoms with E-state index in [9.17, 15) is 0 Å². The largest absolute Gasteiger partial charge is 0.0959 e. The lowest BCUT2D eigenvalue weighted by molar-refractivity contribution is 1.15. The van der Waals surface area contributed by atoms with Crippen LogP contribution < -0.4 is 0 Å². The van der Waals surface area contributed by atoms with E-state index < -0.39 is 0 Å². The first-order valence-corrected chi connectivity index (χ1v) is 5.19. The normalized spacial score (nSPS) is 15.6. The van der Waals surface area contributed by atoms with Gasteiger partial charge in [-0.3, -0.25) is 0 Å². The highest BCUT2D eigenvalue weighted by atomic mass is 14.0. The second-order valence-electron chi connectivity index (χ2n) is 3.42. The zero-order chi connectivity index (χ0) is 10.2. The number of rotatable bonds is 4. The summed E-state index contributed by atoms with van der Waals surface area (Å²) in [5, 5.41) is 0. The van der Waals surface area contributed by atoms with Crippen LogP contribution in [0.4, 0.5) is 0 Å². The monoisotopic (exact) mass is 186 g/mol. The van der Waals surface area contributed by atoms with E-state index in [1.807, 2.05) is 0 Å². The van der Waals surface area contributed by atoms with Crippen LogP contribution in [0, 0.1) is 0 Å². The first kappa shape index (κ1) is 10.8. The molecule has 0 aromatic heterocycles. The molecule has 0 atom stereocenters. The van der Waals surface area contributed by atoms with Gasteiger partial charge in [0.2, 0.25) is 0 Å². The van der Waals surface area contributed by atoms with Crippen molar-refractivity contribution in [3.05, 3.63) is 60.3 Å². The molecule has 0 aromatic carbocycles. The lowest BCUT2D eigenvalue weighted by atomic mass is 10.1. The molecule has 0 fully saturated rings. The maximum Gasteiger partial charge on any atom is -0.00973 e. The molecule has 1 aliphatic carbocycles. The van der Waals surface area contributed by atoms with Crippen LogP contribution in [0.2, 0.25) is 0 Å². The summed E-state index contributed by atoms with van der Waals surface area (Å²) in [6.07, 6.45) is 18.2. The highest BCUT2D eigenvalue weighted by molar-refractivity contribution is 5.29. The van der Waals surface area contributed by atoms with E-state index in [0.717, 1.165) is 19.3 Å². The number of hydrogen-bond acceptors (Lipinski definition) is 0. The van der Waals surface area contributed by atoms with E-state index in [-0.39, 0.29) is 0 Å². The lowest BCUT2D eigenvalue weighted by Crippen LogP contribution is -1.76. The Morgan fingerprint density at radius 1 is 1.50 bits per heavy atom. The van der Waals surface area contributed by atoms with Crippen molar-refractivity contribution in [2.75, 3.05) is 0 Å². The molecular formula is C14H18. The van der Waals surface area contributed by atoms with Crippen LogP contribution in [-0.2, 0) is 0 Å². The van der Waals surface area contributed by atoms with Crippen molar-refractivity contribution in [2.45, 2.75) is 26.2 Å². The van der Waals surface area contributed by atoms with E-state index >= 15 is 0 Å². The predicted octanol–water partition coefficient (Wildman–Crippen LogP) is 4.34. The highest BCUT2D eigenvalue weighted by Gasteiger charge is 1.90. The van der Waals surface area contributed by atoms with Gasteiger partial charge in [0.05, 0.1) is 0 Å². The van der Waals surface area contributed by atoms with Crippen LogP contribution in [0.1, 0.15) is 26.2 Å². The Balaban J connectivity index is 2.41. The Labute approximate surface area is 87.0 Å². The second-order valence-corrected chi connectivity index (χ2v) is 3.42. The zero-order valence-corrected chi connectivity index (χ0v) is 8.87. The van der Waals surface area contributed by atoms with E-state index in [1.54, 1.807) is 0 Å². The highest BCUT2D eigenvalue weighted by Crippen LogP contribution is 2.10. The summed E-state index contributed by atoms with van der Waals surface area (Å²) in [5.74, 6) is 0. The van der Waals surface area contributed by atoms with E-state index in [2.05, 4.69) is 56.0 Å². The number of hydrogen-bond donors (Lipinski definition) is 0. The number of allylic oxidation sites excluding steroid dienone is 9. The maximum atomic E-state index is 3.94. The van der Waals surface area contributed by atoms with Gasteiger partial charge >= 0.3 is 0 Å². The fraction of sp³-hybridized carbons (Fsp3) is 0.286. The minimum absolute atomic E-state index is 1.01. The molecule has 0 heteroatoms. The topological polar surface area (TPSA) is 0 Å². The maximum absolute atomic E-state index is 3.94. The molecule has 0 nitrogen and oxygen atoms in total. The van der Waals surface area contributed by atoms with Crippen molar-refractivity contribution in [1.29, 1.82) is 0 Å². The molecule has 0 bridgehead atoms. The molecular weight excluding hydrogens is 168 g/mol. The van der Waals surface area contributed by atoms with Gasteiger partial charge in [0.1, 0.15) is 0 Å². The summed E-state index contributed by atoms with van der Waals surface area (Å²) in [6.45, 7) is 6.06. The Kier molecular flexibility index (Phi) is 4.77. The van der Waals surface area contributed by atoms with Gasteiger partial charge in [0.15, 0.2) is 0 Å². The van der Waals surface area contributed by atoms with Crippen LogP contribution in [0.25, 0.3) is 0 Å². The van der Waals surface area contributed by atoms with Crippen LogP contribution in [0.5, 0.6) is 0 Å². The quantitative estimate of drug-likeness (QED) is 0.573. The molecule has 0 saturated heterocycles. The molecule has 0 unspecified atom stereocenters. The van der Waals surface area contributed by atoms with Gasteiger partial charge in [-0.2, -0.15) is 0 Å². The van der Waals surface area contributed by atoms with Crippen LogP contribution >= 0.6 is 0 Å². The molecule has 0 aliphatic heterocycles. The molecule has 14 heavy (non-hydrogen) atoms. The van der Waals surface area contributed by atoms with Crippen molar-refractivity contribution in [2.24, 2.45) is 0 Å². The van der Waals surface area contributed by atoms with Crippen molar-refractivity contribution in [1.82, 2.24) is 0 Å². The van der Waals surface area contributed by atoms with Crippen molar-refractivity contribution < 1.29 is 0 Å². The fourth-order valence-corrected chi connectivity index (χ4v) is 1.25. The Hall–Kier alpha value is -1.30. The molecule has 0 heterocycles. The van der Waals surface area contributed by atoms with Crippen molar-refractivity contribution >= 4 is 0 Å². The van der Waals surface area contributed by atoms with E-state index in [1.165, 1.54) is 11.1 Å². The Morgan fingerprint density at radius 3 is 3.14 bits per heavy atom. The average Bonchev–Trinajstić information content (AvgIpc) is 2.46. The molecule has 0 saturated carbocycles. The van der Waals surface area contributed by atoms with Crippen molar-refractivity contribution in [3.63, 3.8) is 0 Å². The summed E-state index contributed by atoms with van der Waals surface area (Å²) in [7, 11) is 0. The van der Waals surface area contributed by atoms with Gasteiger partial charge in [-0.25, -0.2) is 0 Å². The van der Waals surface area contributed by atoms with Gasteiger partial charge in [-0.15, -0.1) is 0 Å². The van der Waals surface area contributed by atoms with Gasteiger partial charge in [0.25, 0.3) is 0 Å². The fourth-order valence-electron chi connectivity index (χ4n) is 1.25. The summed E-state index contributed by atoms with van der Waals surface area (Å²) < 4.78 is 0. The summed E-state index contributed by atoms with van der Waals surface area (Å²) in [6, 6.07) is 0. The first-order valence-electron chi connectivity index (χ1n) is 5.19. The Bertz CT molecular complexity index is 298. The second kappa shape index (κ2) is 6.20. The minimum Gasteiger partial charge on any atom is -0.0959 e. The molecule has 0 spiro atoms. The van der Waals surface area contributed by atoms with Gasteiger partial charge in [-0.05, 0) is 24.8 Å². The minimum atomic E-state index is 1.01. The molecule has 0 amide bonds. The molecule has 0 N–H and O–H groups in total. The lowest BCUT2D eigenvalue weighted by Gasteiger charge is -1.96. The SMILES string of the molecule is C=C(/C=C\CC1=CCC=CC=C1)CC. The van der Waals surface area contributed by atoms with Gasteiger partial charge < -0.3 is 0 Å². The molecule has 74 valence electrons. The predicted molar refractivity (Wildman–Crippen MR) is 64.2 cm³/mol. The Morgan fingerprint density at radius 2 is 2.36 bits per heavy atom. The third-order valence-corrected chi connectivity index (χ3v) is 2.23. The third kappa shape index (κ3) is 4.08. The van der Waals surface area contributed by atoms with Gasteiger partial charge in [0, 0.05) is 0 Å². The molecule has 0 radical (unpaired) electrons. The van der Waals surface area contributed by atoms with Crippen LogP contribution in [0.3, 0.4) is 0 Å². The summed E-state index contributed by atoms with van der Waals surface area (Å²) >= 11 is 0. The zero-order valence-electron chi connectivity index (χ0n) is 8.87. The summed E-state index contributed by atoms with van der Waals surface area (Å²) in [5.41, 5.74) is 2.58. The first-order chi connectivity index (χ1) is 6.83. The van der Waals surface area contributed by atoms with Crippen LogP contribution in [0.15, 0.2) is 60.3 Å². The van der Waals surface area contributed by atoms with Gasteiger partial charge in [-0.1, -0.05) is 61.6 Å². The smallest absolute Gasteiger partial charge is 0.00973 e. The molecule has 1 aliphatic rings. The van der Waals surface area contributed by atoms with E-state index in [0.29, 0.717) is 0 Å². The standard InChI is InChI=1S/C14H18/c1-3-13(2)9-8-12-14-10-6-4-5-7-11-14/h4-6,8-11H,2-3,7,12H2,1H3/b9-8-. The average molecular weight is 186 g/mol. The van der Waals surface area contributed by atoms with Crippen molar-refractivity contribution in [3.8, 4) is 0 Å². The van der Waals surface area contributed by atoms with E-state index in [4.69, 9.17) is 0 Å². The molecule has 0 aromatic rings.